The molecule has 3 rings (SSSR count). The van der Waals surface area contributed by atoms with Crippen molar-refractivity contribution < 1.29 is 14.3 Å². The second-order valence-electron chi connectivity index (χ2n) is 5.03. The third-order valence-corrected chi connectivity index (χ3v) is 3.90. The highest BCUT2D eigenvalue weighted by molar-refractivity contribution is 9.10. The molecule has 2 aromatic carbocycles. The number of aromatic nitrogens is 1. The molecule has 0 radical (unpaired) electrons. The van der Waals surface area contributed by atoms with Crippen molar-refractivity contribution in [2.45, 2.75) is 0 Å². The Morgan fingerprint density at radius 2 is 1.79 bits per heavy atom. The molecule has 0 unspecified atom stereocenters. The number of H-pyrrole nitrogens is 1. The molecule has 1 heterocycles. The van der Waals surface area contributed by atoms with Crippen LogP contribution in [0.3, 0.4) is 0 Å². The van der Waals surface area contributed by atoms with Gasteiger partial charge in [-0.2, -0.15) is 0 Å². The molecular formula is C18H14BrNO4. The van der Waals surface area contributed by atoms with Gasteiger partial charge in [0.1, 0.15) is 19.0 Å². The third kappa shape index (κ3) is 3.83. The number of benzene rings is 2. The summed E-state index contributed by atoms with van der Waals surface area (Å²) in [6.45, 7) is 0.324. The number of hydrogen-bond acceptors (Lipinski definition) is 4. The Hall–Kier alpha value is -2.60. The fourth-order valence-corrected chi connectivity index (χ4v) is 2.54. The standard InChI is InChI=1S/C18H14BrNO4/c19-12-5-7-13(8-6-12)23-9-10-24-18(22)15-11-17(21)20-16-4-2-1-3-14(15)16/h1-8,11H,9-10H2,(H,20,21). The maximum Gasteiger partial charge on any atom is 0.339 e. The summed E-state index contributed by atoms with van der Waals surface area (Å²) in [5.41, 5.74) is 0.507. The lowest BCUT2D eigenvalue weighted by molar-refractivity contribution is 0.0452. The molecule has 0 amide bonds. The van der Waals surface area contributed by atoms with Crippen LogP contribution in [0.5, 0.6) is 5.75 Å². The van der Waals surface area contributed by atoms with Crippen molar-refractivity contribution in [3.05, 3.63) is 75.0 Å². The average molecular weight is 388 g/mol. The number of carbonyl (C=O) groups is 1. The van der Waals surface area contributed by atoms with Crippen molar-refractivity contribution in [2.24, 2.45) is 0 Å². The molecule has 0 atom stereocenters. The number of pyridine rings is 1. The normalized spacial score (nSPS) is 10.5. The minimum absolute atomic E-state index is 0.0933. The number of carbonyl (C=O) groups excluding carboxylic acids is 1. The van der Waals surface area contributed by atoms with E-state index in [4.69, 9.17) is 9.47 Å². The fraction of sp³-hybridized carbons (Fsp3) is 0.111. The molecule has 0 aliphatic heterocycles. The van der Waals surface area contributed by atoms with Gasteiger partial charge >= 0.3 is 5.97 Å². The molecule has 0 saturated carbocycles. The van der Waals surface area contributed by atoms with Gasteiger partial charge in [-0.1, -0.05) is 34.1 Å². The number of esters is 1. The van der Waals surface area contributed by atoms with Gasteiger partial charge in [-0.3, -0.25) is 4.79 Å². The van der Waals surface area contributed by atoms with Crippen LogP contribution in [0.1, 0.15) is 10.4 Å². The van der Waals surface area contributed by atoms with Gasteiger partial charge in [0.05, 0.1) is 5.56 Å². The molecule has 6 heteroatoms. The number of nitrogens with one attached hydrogen (secondary N) is 1. The van der Waals surface area contributed by atoms with Gasteiger partial charge in [-0.05, 0) is 30.3 Å². The first-order valence-electron chi connectivity index (χ1n) is 7.31. The number of ether oxygens (including phenoxy) is 2. The quantitative estimate of drug-likeness (QED) is 0.537. The lowest BCUT2D eigenvalue weighted by Crippen LogP contribution is -2.16. The summed E-state index contributed by atoms with van der Waals surface area (Å²) in [5, 5.41) is 0.649. The molecule has 122 valence electrons. The molecule has 5 nitrogen and oxygen atoms in total. The topological polar surface area (TPSA) is 68.4 Å². The molecule has 0 bridgehead atoms. The van der Waals surface area contributed by atoms with E-state index < -0.39 is 5.97 Å². The van der Waals surface area contributed by atoms with E-state index in [1.54, 1.807) is 24.3 Å². The smallest absolute Gasteiger partial charge is 0.339 e. The van der Waals surface area contributed by atoms with Crippen LogP contribution in [-0.2, 0) is 4.74 Å². The van der Waals surface area contributed by atoms with Crippen molar-refractivity contribution in [3.63, 3.8) is 0 Å². The number of fused-ring (bicyclic) bond motifs is 1. The van der Waals surface area contributed by atoms with Gasteiger partial charge < -0.3 is 14.5 Å². The van der Waals surface area contributed by atoms with Crippen molar-refractivity contribution >= 4 is 32.8 Å². The Labute approximate surface area is 146 Å². The Morgan fingerprint density at radius 1 is 1.04 bits per heavy atom. The number of para-hydroxylation sites is 1. The Kier molecular flexibility index (Phi) is 4.96. The van der Waals surface area contributed by atoms with Crippen LogP contribution < -0.4 is 10.3 Å². The molecule has 1 aromatic heterocycles. The van der Waals surface area contributed by atoms with Gasteiger partial charge in [0, 0.05) is 21.4 Å². The van der Waals surface area contributed by atoms with Gasteiger partial charge in [0.25, 0.3) is 0 Å². The monoisotopic (exact) mass is 387 g/mol. The molecular weight excluding hydrogens is 374 g/mol. The van der Waals surface area contributed by atoms with Crippen LogP contribution >= 0.6 is 15.9 Å². The number of halogens is 1. The van der Waals surface area contributed by atoms with Crippen molar-refractivity contribution in [1.82, 2.24) is 4.98 Å². The number of aromatic amines is 1. The van der Waals surface area contributed by atoms with Gasteiger partial charge in [0.15, 0.2) is 0 Å². The highest BCUT2D eigenvalue weighted by Gasteiger charge is 2.12. The largest absolute Gasteiger partial charge is 0.490 e. The minimum Gasteiger partial charge on any atom is -0.490 e. The molecule has 0 spiro atoms. The Morgan fingerprint density at radius 3 is 2.58 bits per heavy atom. The fourth-order valence-electron chi connectivity index (χ4n) is 2.28. The lowest BCUT2D eigenvalue weighted by atomic mass is 10.1. The van der Waals surface area contributed by atoms with Crippen LogP contribution in [0, 0.1) is 0 Å². The average Bonchev–Trinajstić information content (AvgIpc) is 2.59. The summed E-state index contributed by atoms with van der Waals surface area (Å²) in [5.74, 6) is 0.146. The SMILES string of the molecule is O=C(OCCOc1ccc(Br)cc1)c1cc(=O)[nH]c2ccccc12. The zero-order chi connectivity index (χ0) is 16.9. The summed E-state index contributed by atoms with van der Waals surface area (Å²) in [6, 6.07) is 15.7. The van der Waals surface area contributed by atoms with Crippen LogP contribution in [0.2, 0.25) is 0 Å². The zero-order valence-electron chi connectivity index (χ0n) is 12.6. The van der Waals surface area contributed by atoms with E-state index in [1.165, 1.54) is 6.07 Å². The molecule has 0 aliphatic carbocycles. The predicted molar refractivity (Wildman–Crippen MR) is 94.5 cm³/mol. The summed E-state index contributed by atoms with van der Waals surface area (Å²) >= 11 is 3.34. The summed E-state index contributed by atoms with van der Waals surface area (Å²) < 4.78 is 11.7. The molecule has 24 heavy (non-hydrogen) atoms. The highest BCUT2D eigenvalue weighted by Crippen LogP contribution is 2.17. The maximum atomic E-state index is 12.2. The maximum absolute atomic E-state index is 12.2. The summed E-state index contributed by atoms with van der Waals surface area (Å²) in [4.78, 5) is 26.6. The zero-order valence-corrected chi connectivity index (χ0v) is 14.2. The summed E-state index contributed by atoms with van der Waals surface area (Å²) in [6.07, 6.45) is 0. The van der Waals surface area contributed by atoms with Crippen LogP contribution in [-0.4, -0.2) is 24.2 Å². The van der Waals surface area contributed by atoms with Crippen molar-refractivity contribution in [2.75, 3.05) is 13.2 Å². The van der Waals surface area contributed by atoms with E-state index in [1.807, 2.05) is 24.3 Å². The van der Waals surface area contributed by atoms with Gasteiger partial charge in [0.2, 0.25) is 5.56 Å². The molecule has 1 N–H and O–H groups in total. The summed E-state index contributed by atoms with van der Waals surface area (Å²) in [7, 11) is 0. The van der Waals surface area contributed by atoms with Crippen molar-refractivity contribution in [1.29, 1.82) is 0 Å². The molecule has 0 fully saturated rings. The number of rotatable bonds is 5. The van der Waals surface area contributed by atoms with E-state index in [9.17, 15) is 9.59 Å². The third-order valence-electron chi connectivity index (χ3n) is 3.37. The first kappa shape index (κ1) is 16.3. The van der Waals surface area contributed by atoms with Crippen LogP contribution in [0.15, 0.2) is 63.9 Å². The van der Waals surface area contributed by atoms with E-state index in [0.29, 0.717) is 16.7 Å². The second-order valence-corrected chi connectivity index (χ2v) is 5.95. The lowest BCUT2D eigenvalue weighted by Gasteiger charge is -2.09. The van der Waals surface area contributed by atoms with E-state index in [0.717, 1.165) is 4.47 Å². The first-order valence-corrected chi connectivity index (χ1v) is 8.10. The molecule has 0 saturated heterocycles. The van der Waals surface area contributed by atoms with E-state index in [-0.39, 0.29) is 24.3 Å². The van der Waals surface area contributed by atoms with Crippen molar-refractivity contribution in [3.8, 4) is 5.75 Å². The second kappa shape index (κ2) is 7.31. The van der Waals surface area contributed by atoms with Gasteiger partial charge in [-0.15, -0.1) is 0 Å². The van der Waals surface area contributed by atoms with E-state index in [2.05, 4.69) is 20.9 Å². The Balaban J connectivity index is 1.63. The van der Waals surface area contributed by atoms with Crippen LogP contribution in [0.25, 0.3) is 10.9 Å². The van der Waals surface area contributed by atoms with Gasteiger partial charge in [-0.25, -0.2) is 4.79 Å². The van der Waals surface area contributed by atoms with Crippen LogP contribution in [0.4, 0.5) is 0 Å². The van der Waals surface area contributed by atoms with E-state index >= 15 is 0 Å². The Bertz CT molecular complexity index is 918. The molecule has 3 aromatic rings. The highest BCUT2D eigenvalue weighted by atomic mass is 79.9. The predicted octanol–water partition coefficient (Wildman–Crippen LogP) is 3.53. The molecule has 0 aliphatic rings. The minimum atomic E-state index is -0.545. The first-order chi connectivity index (χ1) is 11.6. The number of hydrogen-bond donors (Lipinski definition) is 1.